The zero-order valence-electron chi connectivity index (χ0n) is 18.8. The number of amides is 1. The van der Waals surface area contributed by atoms with E-state index in [0.717, 1.165) is 58.6 Å². The van der Waals surface area contributed by atoms with E-state index < -0.39 is 18.2 Å². The van der Waals surface area contributed by atoms with Crippen molar-refractivity contribution in [1.82, 2.24) is 10.3 Å². The van der Waals surface area contributed by atoms with Crippen LogP contribution < -0.4 is 5.32 Å². The maximum Gasteiger partial charge on any atom is 0.506 e. The number of nitrogens with zero attached hydrogens (tertiary/aromatic N) is 1. The number of carbonyl (C=O) groups is 2. The molecule has 0 aliphatic rings. The summed E-state index contributed by atoms with van der Waals surface area (Å²) in [6.45, 7) is 4.84. The van der Waals surface area contributed by atoms with Gasteiger partial charge in [0.15, 0.2) is 10.4 Å². The van der Waals surface area contributed by atoms with Crippen LogP contribution in [0.5, 0.6) is 0 Å². The molecule has 32 heavy (non-hydrogen) atoms. The molecule has 0 saturated carbocycles. The van der Waals surface area contributed by atoms with Crippen molar-refractivity contribution in [2.24, 2.45) is 0 Å². The number of unbranched alkanes of at least 4 members (excludes halogenated alkanes) is 6. The van der Waals surface area contributed by atoms with Crippen molar-refractivity contribution in [1.29, 1.82) is 0 Å². The van der Waals surface area contributed by atoms with Gasteiger partial charge in [-0.1, -0.05) is 75.7 Å². The highest BCUT2D eigenvalue weighted by Crippen LogP contribution is 2.34. The topological polar surface area (TPSA) is 88.5 Å². The molecule has 1 atom stereocenters. The number of thioether (sulfide) groups is 1. The summed E-state index contributed by atoms with van der Waals surface area (Å²) in [5, 5.41) is 12.5. The zero-order valence-corrected chi connectivity index (χ0v) is 21.2. The highest BCUT2D eigenvalue weighted by molar-refractivity contribution is 8.01. The molecule has 0 spiro atoms. The van der Waals surface area contributed by atoms with Gasteiger partial charge in [-0.05, 0) is 37.0 Å². The lowest BCUT2D eigenvalue weighted by Gasteiger charge is -2.15. The Morgan fingerprint density at radius 3 is 2.59 bits per heavy atom. The number of fused-ring (bicyclic) bond motifs is 1. The van der Waals surface area contributed by atoms with Gasteiger partial charge in [0.25, 0.3) is 5.91 Å². The smallest absolute Gasteiger partial charge is 0.450 e. The van der Waals surface area contributed by atoms with E-state index in [1.807, 2.05) is 6.07 Å². The number of hydrogen-bond donors (Lipinski definition) is 2. The van der Waals surface area contributed by atoms with Crippen LogP contribution in [0.25, 0.3) is 10.2 Å². The number of hydrogen-bond acceptors (Lipinski definition) is 6. The SMILES string of the molecule is CCCCCCCCNC(=O)C(CSc1nc2cc(Cl)c(CCCC)cc2s1)OC(=O)O. The predicted molar refractivity (Wildman–Crippen MR) is 133 cm³/mol. The molecule has 1 heterocycles. The average molecular weight is 501 g/mol. The Balaban J connectivity index is 1.91. The van der Waals surface area contributed by atoms with Gasteiger partial charge in [0, 0.05) is 17.3 Å². The summed E-state index contributed by atoms with van der Waals surface area (Å²) in [4.78, 5) is 28.1. The normalized spacial score (nSPS) is 12.1. The molecule has 2 aromatic rings. The van der Waals surface area contributed by atoms with Crippen molar-refractivity contribution >= 4 is 57.0 Å². The Kier molecular flexibility index (Phi) is 12.2. The molecule has 2 N–H and O–H groups in total. The number of ether oxygens (including phenoxy) is 1. The molecule has 9 heteroatoms. The third kappa shape index (κ3) is 9.16. The predicted octanol–water partition coefficient (Wildman–Crippen LogP) is 6.92. The molecule has 2 rings (SSSR count). The minimum atomic E-state index is -1.46. The molecule has 178 valence electrons. The maximum atomic E-state index is 12.4. The Labute approximate surface area is 203 Å². The molecular weight excluding hydrogens is 468 g/mol. The van der Waals surface area contributed by atoms with Crippen molar-refractivity contribution in [2.45, 2.75) is 82.1 Å². The highest BCUT2D eigenvalue weighted by atomic mass is 35.5. The fraction of sp³-hybridized carbons (Fsp3) is 0.609. The number of thiazole rings is 1. The number of carboxylic acid groups (broad SMARTS) is 1. The minimum Gasteiger partial charge on any atom is -0.450 e. The zero-order chi connectivity index (χ0) is 23.3. The summed E-state index contributed by atoms with van der Waals surface area (Å²) in [6, 6.07) is 3.95. The van der Waals surface area contributed by atoms with Crippen molar-refractivity contribution in [3.63, 3.8) is 0 Å². The standard InChI is InChI=1S/C23H33ClN2O4S2/c1-3-5-7-8-9-10-12-25-21(27)19(30-23(28)29)15-31-22-26-18-14-17(24)16(11-6-4-2)13-20(18)32-22/h13-14,19H,3-12,15H2,1-2H3,(H,25,27)(H,28,29). The maximum absolute atomic E-state index is 12.4. The van der Waals surface area contributed by atoms with Gasteiger partial charge in [0.05, 0.1) is 10.2 Å². The molecule has 1 aromatic heterocycles. The second-order valence-corrected chi connectivity index (χ2v) is 10.4. The quantitative estimate of drug-likeness (QED) is 0.157. The van der Waals surface area contributed by atoms with E-state index in [9.17, 15) is 9.59 Å². The van der Waals surface area contributed by atoms with Crippen LogP contribution >= 0.6 is 34.7 Å². The number of nitrogens with one attached hydrogen (secondary N) is 1. The first-order valence-electron chi connectivity index (χ1n) is 11.3. The third-order valence-corrected chi connectivity index (χ3v) is 7.64. The van der Waals surface area contributed by atoms with E-state index in [1.165, 1.54) is 42.4 Å². The summed E-state index contributed by atoms with van der Waals surface area (Å²) >= 11 is 9.23. The number of halogens is 1. The second kappa shape index (κ2) is 14.6. The molecule has 0 fully saturated rings. The first kappa shape index (κ1) is 26.7. The fourth-order valence-electron chi connectivity index (χ4n) is 3.25. The Hall–Kier alpha value is -1.51. The van der Waals surface area contributed by atoms with Crippen LogP contribution in [-0.2, 0) is 16.0 Å². The summed E-state index contributed by atoms with van der Waals surface area (Å²) in [5.74, 6) is -0.232. The monoisotopic (exact) mass is 500 g/mol. The van der Waals surface area contributed by atoms with Gasteiger partial charge in [-0.2, -0.15) is 0 Å². The fourth-order valence-corrected chi connectivity index (χ4v) is 5.63. The first-order chi connectivity index (χ1) is 15.4. The lowest BCUT2D eigenvalue weighted by atomic mass is 10.1. The molecule has 0 saturated heterocycles. The Bertz CT molecular complexity index is 875. The lowest BCUT2D eigenvalue weighted by Crippen LogP contribution is -2.39. The van der Waals surface area contributed by atoms with Gasteiger partial charge in [-0.25, -0.2) is 9.78 Å². The summed E-state index contributed by atoms with van der Waals surface area (Å²) in [6.07, 6.45) is 7.29. The van der Waals surface area contributed by atoms with Crippen LogP contribution in [0.3, 0.4) is 0 Å². The highest BCUT2D eigenvalue weighted by Gasteiger charge is 2.23. The van der Waals surface area contributed by atoms with Gasteiger partial charge in [0.2, 0.25) is 0 Å². The second-order valence-electron chi connectivity index (χ2n) is 7.74. The Morgan fingerprint density at radius 1 is 1.16 bits per heavy atom. The van der Waals surface area contributed by atoms with Gasteiger partial charge >= 0.3 is 6.16 Å². The van der Waals surface area contributed by atoms with E-state index in [-0.39, 0.29) is 5.75 Å². The van der Waals surface area contributed by atoms with Crippen molar-refractivity contribution in [2.75, 3.05) is 12.3 Å². The van der Waals surface area contributed by atoms with Crippen LogP contribution in [0.2, 0.25) is 5.02 Å². The molecule has 0 aliphatic carbocycles. The average Bonchev–Trinajstić information content (AvgIpc) is 3.15. The number of benzene rings is 1. The molecule has 0 bridgehead atoms. The number of aryl methyl sites for hydroxylation is 1. The van der Waals surface area contributed by atoms with Crippen molar-refractivity contribution in [3.8, 4) is 0 Å². The molecule has 0 radical (unpaired) electrons. The van der Waals surface area contributed by atoms with E-state index in [2.05, 4.69) is 30.2 Å². The van der Waals surface area contributed by atoms with Gasteiger partial charge < -0.3 is 15.2 Å². The molecule has 1 amide bonds. The van der Waals surface area contributed by atoms with E-state index >= 15 is 0 Å². The van der Waals surface area contributed by atoms with Crippen LogP contribution in [0, 0.1) is 0 Å². The molecular formula is C23H33ClN2O4S2. The van der Waals surface area contributed by atoms with Gasteiger partial charge in [-0.15, -0.1) is 11.3 Å². The van der Waals surface area contributed by atoms with E-state index in [4.69, 9.17) is 21.4 Å². The minimum absolute atomic E-state index is 0.172. The van der Waals surface area contributed by atoms with Crippen molar-refractivity contribution in [3.05, 3.63) is 22.7 Å². The van der Waals surface area contributed by atoms with Crippen LogP contribution in [0.1, 0.15) is 70.8 Å². The van der Waals surface area contributed by atoms with Crippen LogP contribution in [-0.4, -0.2) is 40.6 Å². The van der Waals surface area contributed by atoms with Crippen LogP contribution in [0.15, 0.2) is 16.5 Å². The van der Waals surface area contributed by atoms with Gasteiger partial charge in [0.1, 0.15) is 0 Å². The number of rotatable bonds is 15. The molecule has 6 nitrogen and oxygen atoms in total. The summed E-state index contributed by atoms with van der Waals surface area (Å²) in [5.41, 5.74) is 1.92. The first-order valence-corrected chi connectivity index (χ1v) is 13.5. The third-order valence-electron chi connectivity index (χ3n) is 5.06. The number of carbonyl (C=O) groups excluding carboxylic acids is 1. The van der Waals surface area contributed by atoms with Crippen LogP contribution in [0.4, 0.5) is 4.79 Å². The Morgan fingerprint density at radius 2 is 1.88 bits per heavy atom. The lowest BCUT2D eigenvalue weighted by molar-refractivity contribution is -0.129. The largest absolute Gasteiger partial charge is 0.506 e. The molecule has 1 aromatic carbocycles. The van der Waals surface area contributed by atoms with E-state index in [1.54, 1.807) is 0 Å². The summed E-state index contributed by atoms with van der Waals surface area (Å²) in [7, 11) is 0. The van der Waals surface area contributed by atoms with Gasteiger partial charge in [-0.3, -0.25) is 4.79 Å². The molecule has 1 unspecified atom stereocenters. The number of aromatic nitrogens is 1. The van der Waals surface area contributed by atoms with E-state index in [0.29, 0.717) is 11.6 Å². The summed E-state index contributed by atoms with van der Waals surface area (Å²) < 4.78 is 6.63. The van der Waals surface area contributed by atoms with Crippen molar-refractivity contribution < 1.29 is 19.4 Å². The molecule has 0 aliphatic heterocycles.